The highest BCUT2D eigenvalue weighted by molar-refractivity contribution is 6.07. The number of esters is 1. The Kier molecular flexibility index (Phi) is 5.35. The molecular formula is C23H27ClN2O2. The van der Waals surface area contributed by atoms with E-state index in [9.17, 15) is 4.79 Å². The Bertz CT molecular complexity index is 935. The predicted octanol–water partition coefficient (Wildman–Crippen LogP) is 1.11. The number of cyclic esters (lactones) is 1. The van der Waals surface area contributed by atoms with Crippen molar-refractivity contribution in [1.82, 2.24) is 4.57 Å². The topological polar surface area (TPSA) is 31.2 Å². The van der Waals surface area contributed by atoms with E-state index in [2.05, 4.69) is 53.1 Å². The fourth-order valence-electron chi connectivity index (χ4n) is 5.23. The highest BCUT2D eigenvalue weighted by Gasteiger charge is 2.41. The molecule has 0 amide bonds. The van der Waals surface area contributed by atoms with Crippen LogP contribution in [0.5, 0.6) is 0 Å². The number of para-hydroxylation sites is 2. The number of ether oxygens (including phenoxy) is 1. The van der Waals surface area contributed by atoms with Gasteiger partial charge in [0, 0.05) is 21.8 Å². The van der Waals surface area contributed by atoms with Gasteiger partial charge in [-0.15, -0.1) is 0 Å². The monoisotopic (exact) mass is 398 g/mol. The van der Waals surface area contributed by atoms with Crippen LogP contribution in [0.15, 0.2) is 48.5 Å². The van der Waals surface area contributed by atoms with Gasteiger partial charge in [-0.2, -0.15) is 0 Å². The van der Waals surface area contributed by atoms with Gasteiger partial charge in [-0.3, -0.25) is 0 Å². The number of carbonyl (C=O) groups is 1. The Labute approximate surface area is 172 Å². The van der Waals surface area contributed by atoms with E-state index in [1.165, 1.54) is 47.5 Å². The molecule has 5 rings (SSSR count). The lowest BCUT2D eigenvalue weighted by Gasteiger charge is -2.42. The Hall–Kier alpha value is -2.04. The van der Waals surface area contributed by atoms with E-state index < -0.39 is 0 Å². The van der Waals surface area contributed by atoms with Crippen LogP contribution in [-0.4, -0.2) is 47.3 Å². The number of aromatic nitrogens is 1. The third kappa shape index (κ3) is 3.40. The third-order valence-electron chi connectivity index (χ3n) is 6.43. The molecule has 2 aliphatic heterocycles. The first-order valence-corrected chi connectivity index (χ1v) is 10.2. The van der Waals surface area contributed by atoms with Crippen LogP contribution in [0.1, 0.15) is 25.7 Å². The number of benzene rings is 2. The predicted molar refractivity (Wildman–Crippen MR) is 108 cm³/mol. The summed E-state index contributed by atoms with van der Waals surface area (Å²) in [4.78, 5) is 12.5. The lowest BCUT2D eigenvalue weighted by atomic mass is 10.1. The van der Waals surface area contributed by atoms with Gasteiger partial charge in [0.25, 0.3) is 0 Å². The average Bonchev–Trinajstić information content (AvgIpc) is 2.81. The molecule has 1 aromatic heterocycles. The van der Waals surface area contributed by atoms with Crippen LogP contribution in [0.25, 0.3) is 21.8 Å². The van der Waals surface area contributed by atoms with Crippen LogP contribution in [0, 0.1) is 0 Å². The SMILES string of the molecule is O=C1C[N+]2(CCCCCC2)CC(Cn2c3ccccc3c3ccccc32)O1.[Cl-]. The molecule has 1 atom stereocenters. The zero-order valence-corrected chi connectivity index (χ0v) is 16.9. The van der Waals surface area contributed by atoms with Crippen LogP contribution in [-0.2, 0) is 16.1 Å². The number of quaternary nitrogens is 1. The number of halogens is 1. The number of rotatable bonds is 2. The second kappa shape index (κ2) is 7.76. The van der Waals surface area contributed by atoms with Gasteiger partial charge < -0.3 is 26.2 Å². The first-order valence-electron chi connectivity index (χ1n) is 10.2. The van der Waals surface area contributed by atoms with Gasteiger partial charge in [-0.25, -0.2) is 4.79 Å². The Morgan fingerprint density at radius 2 is 1.46 bits per heavy atom. The van der Waals surface area contributed by atoms with Crippen LogP contribution >= 0.6 is 0 Å². The molecule has 3 aromatic rings. The van der Waals surface area contributed by atoms with E-state index in [1.54, 1.807) is 0 Å². The summed E-state index contributed by atoms with van der Waals surface area (Å²) < 4.78 is 9.13. The number of morpholine rings is 1. The van der Waals surface area contributed by atoms with Crippen molar-refractivity contribution in [2.24, 2.45) is 0 Å². The number of fused-ring (bicyclic) bond motifs is 3. The minimum atomic E-state index is -0.0523. The zero-order chi connectivity index (χ0) is 18.3. The Morgan fingerprint density at radius 3 is 2.07 bits per heavy atom. The molecule has 0 bridgehead atoms. The van der Waals surface area contributed by atoms with E-state index >= 15 is 0 Å². The maximum absolute atomic E-state index is 12.5. The molecule has 1 unspecified atom stereocenters. The molecule has 2 aliphatic rings. The lowest BCUT2D eigenvalue weighted by Crippen LogP contribution is -3.00. The van der Waals surface area contributed by atoms with E-state index in [0.29, 0.717) is 6.54 Å². The molecule has 0 saturated carbocycles. The minimum Gasteiger partial charge on any atom is -1.00 e. The van der Waals surface area contributed by atoms with Gasteiger partial charge in [-0.1, -0.05) is 36.4 Å². The van der Waals surface area contributed by atoms with Gasteiger partial charge in [0.2, 0.25) is 0 Å². The summed E-state index contributed by atoms with van der Waals surface area (Å²) in [5.41, 5.74) is 2.45. The van der Waals surface area contributed by atoms with Crippen molar-refractivity contribution in [1.29, 1.82) is 0 Å². The highest BCUT2D eigenvalue weighted by atomic mass is 35.5. The van der Waals surface area contributed by atoms with Crippen molar-refractivity contribution in [2.75, 3.05) is 26.2 Å². The van der Waals surface area contributed by atoms with Crippen LogP contribution in [0.2, 0.25) is 0 Å². The van der Waals surface area contributed by atoms with Crippen molar-refractivity contribution < 1.29 is 26.4 Å². The fourth-order valence-corrected chi connectivity index (χ4v) is 5.23. The average molecular weight is 399 g/mol. The number of carbonyl (C=O) groups excluding carboxylic acids is 1. The standard InChI is InChI=1S/C23H27N2O2.ClH/c26-23-17-25(13-7-1-2-8-14-25)16-18(27-23)15-24-21-11-5-3-9-19(21)20-10-4-6-12-22(20)24;/h3-6,9-12,18H,1-2,7-8,13-17H2;1H/q+1;/p-1. The molecule has 0 aliphatic carbocycles. The quantitative estimate of drug-likeness (QED) is 0.478. The normalized spacial score (nSPS) is 22.0. The van der Waals surface area contributed by atoms with Gasteiger partial charge in [0.1, 0.15) is 6.54 Å². The molecule has 148 valence electrons. The maximum Gasteiger partial charge on any atom is 0.362 e. The third-order valence-corrected chi connectivity index (χ3v) is 6.43. The summed E-state index contributed by atoms with van der Waals surface area (Å²) in [5, 5.41) is 2.54. The summed E-state index contributed by atoms with van der Waals surface area (Å²) in [6, 6.07) is 17.1. The molecule has 2 saturated heterocycles. The molecule has 5 heteroatoms. The van der Waals surface area contributed by atoms with Crippen molar-refractivity contribution in [3.05, 3.63) is 48.5 Å². The van der Waals surface area contributed by atoms with Crippen LogP contribution in [0.4, 0.5) is 0 Å². The van der Waals surface area contributed by atoms with Crippen LogP contribution < -0.4 is 12.4 Å². The molecule has 28 heavy (non-hydrogen) atoms. The van der Waals surface area contributed by atoms with Crippen LogP contribution in [0.3, 0.4) is 0 Å². The Balaban J connectivity index is 0.00000192. The van der Waals surface area contributed by atoms with Gasteiger partial charge >= 0.3 is 5.97 Å². The fraction of sp³-hybridized carbons (Fsp3) is 0.435. The first kappa shape index (κ1) is 19.3. The molecule has 0 N–H and O–H groups in total. The van der Waals surface area contributed by atoms with E-state index in [4.69, 9.17) is 4.74 Å². The summed E-state index contributed by atoms with van der Waals surface area (Å²) >= 11 is 0. The molecule has 0 radical (unpaired) electrons. The summed E-state index contributed by atoms with van der Waals surface area (Å²) in [6.45, 7) is 4.49. The molecule has 3 heterocycles. The number of nitrogens with zero attached hydrogens (tertiary/aromatic N) is 2. The Morgan fingerprint density at radius 1 is 0.893 bits per heavy atom. The zero-order valence-electron chi connectivity index (χ0n) is 16.1. The number of hydrogen-bond acceptors (Lipinski definition) is 2. The second-order valence-electron chi connectivity index (χ2n) is 8.30. The van der Waals surface area contributed by atoms with Crippen molar-refractivity contribution in [2.45, 2.75) is 38.3 Å². The summed E-state index contributed by atoms with van der Waals surface area (Å²) in [6.07, 6.45) is 5.01. The maximum atomic E-state index is 12.5. The molecule has 2 fully saturated rings. The summed E-state index contributed by atoms with van der Waals surface area (Å²) in [7, 11) is 0. The lowest BCUT2D eigenvalue weighted by molar-refractivity contribution is -0.928. The summed E-state index contributed by atoms with van der Waals surface area (Å²) in [5.74, 6) is -0.0195. The highest BCUT2D eigenvalue weighted by Crippen LogP contribution is 2.30. The van der Waals surface area contributed by atoms with Crippen molar-refractivity contribution in [3.8, 4) is 0 Å². The minimum absolute atomic E-state index is 0. The number of hydrogen-bond donors (Lipinski definition) is 0. The van der Waals surface area contributed by atoms with E-state index in [1.807, 2.05) is 0 Å². The first-order chi connectivity index (χ1) is 13.2. The van der Waals surface area contributed by atoms with E-state index in [0.717, 1.165) is 30.7 Å². The molecule has 4 nitrogen and oxygen atoms in total. The molecule has 1 spiro atoms. The largest absolute Gasteiger partial charge is 1.00 e. The molecule has 2 aromatic carbocycles. The second-order valence-corrected chi connectivity index (χ2v) is 8.30. The van der Waals surface area contributed by atoms with Gasteiger partial charge in [0.05, 0.1) is 19.6 Å². The van der Waals surface area contributed by atoms with Crippen molar-refractivity contribution in [3.63, 3.8) is 0 Å². The van der Waals surface area contributed by atoms with E-state index in [-0.39, 0.29) is 24.5 Å². The van der Waals surface area contributed by atoms with Crippen molar-refractivity contribution >= 4 is 27.8 Å². The van der Waals surface area contributed by atoms with Gasteiger partial charge in [-0.05, 0) is 37.8 Å². The molecular weight excluding hydrogens is 372 g/mol. The van der Waals surface area contributed by atoms with Gasteiger partial charge in [0.15, 0.2) is 12.6 Å². The smallest absolute Gasteiger partial charge is 0.362 e.